The Morgan fingerprint density at radius 1 is 1.09 bits per heavy atom. The predicted octanol–water partition coefficient (Wildman–Crippen LogP) is 3.33. The third-order valence-corrected chi connectivity index (χ3v) is 3.13. The minimum atomic E-state index is -0.335. The lowest BCUT2D eigenvalue weighted by molar-refractivity contribution is 0.241. The molecule has 2 N–H and O–H groups in total. The molecule has 2 rings (SSSR count). The van der Waals surface area contributed by atoms with E-state index in [1.54, 1.807) is 18.2 Å². The van der Waals surface area contributed by atoms with Gasteiger partial charge in [-0.25, -0.2) is 9.18 Å². The molecule has 5 heteroatoms. The average molecular weight is 317 g/mol. The molecule has 0 aliphatic rings. The molecule has 0 radical (unpaired) electrons. The quantitative estimate of drug-likeness (QED) is 0.838. The second-order valence-electron chi connectivity index (χ2n) is 4.44. The Kier molecular flexibility index (Phi) is 5.81. The Morgan fingerprint density at radius 3 is 2.55 bits per heavy atom. The number of amides is 2. The van der Waals surface area contributed by atoms with Crippen molar-refractivity contribution in [1.29, 1.82) is 0 Å². The second kappa shape index (κ2) is 8.06. The minimum Gasteiger partial charge on any atom is -0.334 e. The smallest absolute Gasteiger partial charge is 0.315 e. The Balaban J connectivity index is 1.74. The van der Waals surface area contributed by atoms with E-state index in [9.17, 15) is 9.18 Å². The van der Waals surface area contributed by atoms with Crippen molar-refractivity contribution in [1.82, 2.24) is 10.6 Å². The van der Waals surface area contributed by atoms with Gasteiger partial charge in [0.1, 0.15) is 5.82 Å². The van der Waals surface area contributed by atoms with Crippen molar-refractivity contribution in [2.75, 3.05) is 6.54 Å². The summed E-state index contributed by atoms with van der Waals surface area (Å²) >= 11 is 5.97. The largest absolute Gasteiger partial charge is 0.334 e. The maximum absolute atomic E-state index is 12.7. The van der Waals surface area contributed by atoms with Crippen molar-refractivity contribution in [2.45, 2.75) is 6.54 Å². The molecule has 0 aliphatic heterocycles. The molecule has 0 fully saturated rings. The molecule has 2 amide bonds. The van der Waals surface area contributed by atoms with Crippen LogP contribution in [0, 0.1) is 17.7 Å². The SMILES string of the molecule is O=C(NCC#Cc1ccccc1Cl)NCc1ccc(F)cc1. The van der Waals surface area contributed by atoms with Gasteiger partial charge in [-0.05, 0) is 29.8 Å². The molecule has 0 atom stereocenters. The molecular weight excluding hydrogens is 303 g/mol. The van der Waals surface area contributed by atoms with Gasteiger partial charge in [-0.2, -0.15) is 0 Å². The summed E-state index contributed by atoms with van der Waals surface area (Å²) in [5, 5.41) is 5.85. The topological polar surface area (TPSA) is 41.1 Å². The molecule has 0 aliphatic carbocycles. The first-order chi connectivity index (χ1) is 10.6. The standard InChI is InChI=1S/C17H14ClFN2O/c18-16-6-2-1-4-14(16)5-3-11-20-17(22)21-12-13-7-9-15(19)10-8-13/h1-2,4,6-10H,11-12H2,(H2,20,21,22). The van der Waals surface area contributed by atoms with Gasteiger partial charge in [-0.15, -0.1) is 0 Å². The Bertz CT molecular complexity index is 705. The van der Waals surface area contributed by atoms with Crippen LogP contribution in [0.25, 0.3) is 0 Å². The molecule has 0 unspecified atom stereocenters. The van der Waals surface area contributed by atoms with Gasteiger partial charge >= 0.3 is 6.03 Å². The monoisotopic (exact) mass is 316 g/mol. The van der Waals surface area contributed by atoms with Gasteiger partial charge in [0.15, 0.2) is 0 Å². The van der Waals surface area contributed by atoms with Crippen molar-refractivity contribution in [2.24, 2.45) is 0 Å². The summed E-state index contributed by atoms with van der Waals surface area (Å²) in [7, 11) is 0. The van der Waals surface area contributed by atoms with Crippen LogP contribution in [0.3, 0.4) is 0 Å². The fraction of sp³-hybridized carbons (Fsp3) is 0.118. The summed E-state index contributed by atoms with van der Waals surface area (Å²) in [6.07, 6.45) is 0. The number of urea groups is 1. The van der Waals surface area contributed by atoms with Crippen LogP contribution in [0.15, 0.2) is 48.5 Å². The number of hydrogen-bond donors (Lipinski definition) is 2. The van der Waals surface area contributed by atoms with Gasteiger partial charge in [0.05, 0.1) is 11.6 Å². The highest BCUT2D eigenvalue weighted by Gasteiger charge is 1.99. The van der Waals surface area contributed by atoms with Crippen molar-refractivity contribution < 1.29 is 9.18 Å². The van der Waals surface area contributed by atoms with Crippen molar-refractivity contribution in [3.63, 3.8) is 0 Å². The lowest BCUT2D eigenvalue weighted by Crippen LogP contribution is -2.35. The lowest BCUT2D eigenvalue weighted by atomic mass is 10.2. The molecule has 112 valence electrons. The number of halogens is 2. The first-order valence-corrected chi connectivity index (χ1v) is 7.02. The molecule has 0 bridgehead atoms. The highest BCUT2D eigenvalue weighted by Crippen LogP contribution is 2.12. The zero-order valence-electron chi connectivity index (χ0n) is 11.7. The zero-order chi connectivity index (χ0) is 15.8. The first kappa shape index (κ1) is 15.9. The van der Waals surface area contributed by atoms with Crippen LogP contribution in [-0.4, -0.2) is 12.6 Å². The van der Waals surface area contributed by atoms with Crippen LogP contribution in [-0.2, 0) is 6.54 Å². The molecule has 2 aromatic carbocycles. The van der Waals surface area contributed by atoms with Gasteiger partial charge in [0, 0.05) is 12.1 Å². The molecule has 3 nitrogen and oxygen atoms in total. The van der Waals surface area contributed by atoms with Gasteiger partial charge in [-0.3, -0.25) is 0 Å². The summed E-state index contributed by atoms with van der Waals surface area (Å²) < 4.78 is 12.7. The van der Waals surface area contributed by atoms with E-state index in [1.807, 2.05) is 18.2 Å². The summed E-state index contributed by atoms with van der Waals surface area (Å²) in [6.45, 7) is 0.532. The molecule has 0 aromatic heterocycles. The third kappa shape index (κ3) is 5.12. The average Bonchev–Trinajstić information content (AvgIpc) is 2.52. The van der Waals surface area contributed by atoms with E-state index in [0.29, 0.717) is 11.6 Å². The van der Waals surface area contributed by atoms with Gasteiger partial charge in [0.25, 0.3) is 0 Å². The lowest BCUT2D eigenvalue weighted by Gasteiger charge is -2.05. The van der Waals surface area contributed by atoms with Gasteiger partial charge in [0.2, 0.25) is 0 Å². The number of nitrogens with one attached hydrogen (secondary N) is 2. The Labute approximate surface area is 133 Å². The van der Waals surface area contributed by atoms with Crippen LogP contribution in [0.2, 0.25) is 5.02 Å². The van der Waals surface area contributed by atoms with E-state index in [2.05, 4.69) is 22.5 Å². The number of rotatable bonds is 3. The predicted molar refractivity (Wildman–Crippen MR) is 85.0 cm³/mol. The molecule has 0 saturated heterocycles. The molecule has 0 saturated carbocycles. The van der Waals surface area contributed by atoms with Crippen LogP contribution in [0.5, 0.6) is 0 Å². The fourth-order valence-electron chi connectivity index (χ4n) is 1.67. The van der Waals surface area contributed by atoms with E-state index in [0.717, 1.165) is 11.1 Å². The number of hydrogen-bond acceptors (Lipinski definition) is 1. The summed E-state index contributed by atoms with van der Waals surface area (Å²) in [5.74, 6) is 5.40. The van der Waals surface area contributed by atoms with E-state index in [4.69, 9.17) is 11.6 Å². The molecule has 2 aromatic rings. The van der Waals surface area contributed by atoms with Crippen LogP contribution in [0.1, 0.15) is 11.1 Å². The number of benzene rings is 2. The Morgan fingerprint density at radius 2 is 1.82 bits per heavy atom. The molecule has 22 heavy (non-hydrogen) atoms. The van der Waals surface area contributed by atoms with E-state index in [1.165, 1.54) is 12.1 Å². The third-order valence-electron chi connectivity index (χ3n) is 2.80. The minimum absolute atomic E-state index is 0.209. The van der Waals surface area contributed by atoms with E-state index in [-0.39, 0.29) is 18.4 Å². The van der Waals surface area contributed by atoms with Crippen molar-refractivity contribution >= 4 is 17.6 Å². The first-order valence-electron chi connectivity index (χ1n) is 6.65. The molecule has 0 spiro atoms. The highest BCUT2D eigenvalue weighted by atomic mass is 35.5. The zero-order valence-corrected chi connectivity index (χ0v) is 12.5. The van der Waals surface area contributed by atoms with E-state index >= 15 is 0 Å². The summed E-state index contributed by atoms with van der Waals surface area (Å²) in [4.78, 5) is 11.6. The van der Waals surface area contributed by atoms with Gasteiger partial charge in [-0.1, -0.05) is 47.7 Å². The summed E-state index contributed by atoms with van der Waals surface area (Å²) in [5.41, 5.74) is 1.54. The molecule has 0 heterocycles. The Hall–Kier alpha value is -2.51. The summed E-state index contributed by atoms with van der Waals surface area (Å²) in [6, 6.07) is 12.8. The number of carbonyl (C=O) groups is 1. The van der Waals surface area contributed by atoms with Crippen molar-refractivity contribution in [3.8, 4) is 11.8 Å². The molecular formula is C17H14ClFN2O. The highest BCUT2D eigenvalue weighted by molar-refractivity contribution is 6.31. The van der Waals surface area contributed by atoms with Crippen LogP contribution < -0.4 is 10.6 Å². The fourth-order valence-corrected chi connectivity index (χ4v) is 1.86. The van der Waals surface area contributed by atoms with Crippen LogP contribution in [0.4, 0.5) is 9.18 Å². The number of carbonyl (C=O) groups excluding carboxylic acids is 1. The van der Waals surface area contributed by atoms with Crippen molar-refractivity contribution in [3.05, 3.63) is 70.5 Å². The van der Waals surface area contributed by atoms with E-state index < -0.39 is 0 Å². The van der Waals surface area contributed by atoms with Crippen LogP contribution >= 0.6 is 11.6 Å². The maximum Gasteiger partial charge on any atom is 0.315 e. The maximum atomic E-state index is 12.7. The second-order valence-corrected chi connectivity index (χ2v) is 4.85. The normalized spacial score (nSPS) is 9.55. The van der Waals surface area contributed by atoms with Gasteiger partial charge < -0.3 is 10.6 Å².